The van der Waals surface area contributed by atoms with Gasteiger partial charge < -0.3 is 0 Å². The summed E-state index contributed by atoms with van der Waals surface area (Å²) in [5.74, 6) is 0.116. The second-order valence-corrected chi connectivity index (χ2v) is 6.14. The van der Waals surface area contributed by atoms with Crippen LogP contribution in [-0.4, -0.2) is 10.6 Å². The largest absolute Gasteiger partial charge is 0.293 e. The Morgan fingerprint density at radius 1 is 1.33 bits per heavy atom. The van der Waals surface area contributed by atoms with Crippen molar-refractivity contribution >= 4 is 53.6 Å². The minimum absolute atomic E-state index is 0.108. The molecule has 0 radical (unpaired) electrons. The average molecular weight is 399 g/mol. The highest BCUT2D eigenvalue weighted by Gasteiger charge is 2.18. The summed E-state index contributed by atoms with van der Waals surface area (Å²) in [6.45, 7) is 3.98. The molecule has 1 aromatic rings. The Morgan fingerprint density at radius 3 is 2.47 bits per heavy atom. The summed E-state index contributed by atoms with van der Waals surface area (Å²) in [5.41, 5.74) is 1.83. The predicted molar refractivity (Wildman–Crippen MR) is 73.9 cm³/mol. The lowest BCUT2D eigenvalue weighted by molar-refractivity contribution is 0.0989. The predicted octanol–water partition coefficient (Wildman–Crippen LogP) is 4.88. The fraction of sp³-hybridized carbons (Fsp3) is 0.364. The first-order valence-corrected chi connectivity index (χ1v) is 7.11. The van der Waals surface area contributed by atoms with Gasteiger partial charge in [-0.15, -0.1) is 0 Å². The van der Waals surface area contributed by atoms with Crippen LogP contribution in [0.25, 0.3) is 0 Å². The Labute approximate surface area is 115 Å². The molecule has 0 fully saturated rings. The van der Waals surface area contributed by atoms with Gasteiger partial charge >= 0.3 is 0 Å². The van der Waals surface area contributed by atoms with Gasteiger partial charge in [0.1, 0.15) is 0 Å². The van der Waals surface area contributed by atoms with Gasteiger partial charge in [-0.25, -0.2) is 0 Å². The molecule has 0 saturated carbocycles. The van der Waals surface area contributed by atoms with E-state index < -0.39 is 0 Å². The van der Waals surface area contributed by atoms with Crippen LogP contribution in [0.4, 0.5) is 0 Å². The van der Waals surface area contributed by atoms with Gasteiger partial charge in [0.15, 0.2) is 5.78 Å². The van der Waals surface area contributed by atoms with Crippen LogP contribution < -0.4 is 0 Å². The highest BCUT2D eigenvalue weighted by atomic mass is 79.9. The van der Waals surface area contributed by atoms with E-state index in [2.05, 4.69) is 47.8 Å². The molecule has 1 aromatic carbocycles. The van der Waals surface area contributed by atoms with Crippen LogP contribution in [0, 0.1) is 6.92 Å². The molecule has 0 aromatic heterocycles. The minimum atomic E-state index is -0.108. The molecule has 1 atom stereocenters. The smallest absolute Gasteiger partial charge is 0.177 e. The Hall–Kier alpha value is 0.330. The van der Waals surface area contributed by atoms with Crippen molar-refractivity contribution < 1.29 is 4.79 Å². The van der Waals surface area contributed by atoms with Crippen LogP contribution in [0.15, 0.2) is 21.1 Å². The Balaban J connectivity index is 3.15. The quantitative estimate of drug-likeness (QED) is 0.524. The molecule has 0 aliphatic rings. The lowest BCUT2D eigenvalue weighted by Gasteiger charge is -2.09. The molecule has 0 heterocycles. The Morgan fingerprint density at radius 2 is 1.93 bits per heavy atom. The second-order valence-electron chi connectivity index (χ2n) is 3.32. The number of benzene rings is 1. The molecule has 0 amide bonds. The van der Waals surface area contributed by atoms with E-state index >= 15 is 0 Å². The summed E-state index contributed by atoms with van der Waals surface area (Å²) in [6, 6.07) is 3.82. The maximum absolute atomic E-state index is 12.0. The molecule has 0 saturated heterocycles. The molecule has 0 N–H and O–H groups in total. The van der Waals surface area contributed by atoms with Gasteiger partial charge in [0.2, 0.25) is 0 Å². The van der Waals surface area contributed by atoms with Crippen LogP contribution in [0.3, 0.4) is 0 Å². The van der Waals surface area contributed by atoms with Crippen LogP contribution in [-0.2, 0) is 0 Å². The van der Waals surface area contributed by atoms with E-state index in [0.29, 0.717) is 0 Å². The minimum Gasteiger partial charge on any atom is -0.293 e. The molecule has 1 unspecified atom stereocenters. The summed E-state index contributed by atoms with van der Waals surface area (Å²) in [6.07, 6.45) is 0.788. The standard InChI is InChI=1S/C11H11Br3O/c1-3-8(12)11(15)7-5-9(13)6(2)4-10(7)14/h4-5,8H,3H2,1-2H3. The van der Waals surface area contributed by atoms with Gasteiger partial charge in [-0.1, -0.05) is 54.7 Å². The second kappa shape index (κ2) is 5.60. The number of carbonyl (C=O) groups is 1. The zero-order chi connectivity index (χ0) is 11.6. The third kappa shape index (κ3) is 3.14. The average Bonchev–Trinajstić information content (AvgIpc) is 2.21. The van der Waals surface area contributed by atoms with E-state index in [-0.39, 0.29) is 10.6 Å². The first-order valence-electron chi connectivity index (χ1n) is 4.61. The van der Waals surface area contributed by atoms with E-state index in [1.54, 1.807) is 0 Å². The Kier molecular flexibility index (Phi) is 5.00. The molecule has 4 heteroatoms. The lowest BCUT2D eigenvalue weighted by Crippen LogP contribution is -2.13. The van der Waals surface area contributed by atoms with Crippen LogP contribution in [0.5, 0.6) is 0 Å². The van der Waals surface area contributed by atoms with E-state index in [4.69, 9.17) is 0 Å². The molecule has 0 aliphatic carbocycles. The zero-order valence-corrected chi connectivity index (χ0v) is 13.2. The Bertz CT molecular complexity index is 388. The topological polar surface area (TPSA) is 17.1 Å². The van der Waals surface area contributed by atoms with Gasteiger partial charge in [-0.05, 0) is 31.0 Å². The molecule has 0 spiro atoms. The normalized spacial score (nSPS) is 12.6. The summed E-state index contributed by atoms with van der Waals surface area (Å²) < 4.78 is 1.82. The van der Waals surface area contributed by atoms with Gasteiger partial charge in [0.25, 0.3) is 0 Å². The van der Waals surface area contributed by atoms with Crippen molar-refractivity contribution in [2.24, 2.45) is 0 Å². The molecule has 82 valence electrons. The number of Topliss-reactive ketones (excluding diaryl/α,β-unsaturated/α-hetero) is 1. The number of carbonyl (C=O) groups excluding carboxylic acids is 1. The van der Waals surface area contributed by atoms with Crippen molar-refractivity contribution in [3.05, 3.63) is 32.2 Å². The number of aryl methyl sites for hydroxylation is 1. The third-order valence-electron chi connectivity index (χ3n) is 2.16. The van der Waals surface area contributed by atoms with Crippen molar-refractivity contribution in [1.82, 2.24) is 0 Å². The first-order chi connectivity index (χ1) is 6.97. The highest BCUT2D eigenvalue weighted by Crippen LogP contribution is 2.28. The molecule has 1 rings (SSSR count). The monoisotopic (exact) mass is 396 g/mol. The number of halogens is 3. The third-order valence-corrected chi connectivity index (χ3v) is 4.73. The van der Waals surface area contributed by atoms with E-state index in [0.717, 1.165) is 26.5 Å². The van der Waals surface area contributed by atoms with Crippen molar-refractivity contribution in [3.8, 4) is 0 Å². The van der Waals surface area contributed by atoms with Crippen molar-refractivity contribution in [2.75, 3.05) is 0 Å². The van der Waals surface area contributed by atoms with Gasteiger partial charge in [-0.3, -0.25) is 4.79 Å². The van der Waals surface area contributed by atoms with Crippen LogP contribution in [0.1, 0.15) is 29.3 Å². The maximum atomic E-state index is 12.0. The zero-order valence-electron chi connectivity index (χ0n) is 8.48. The summed E-state index contributed by atoms with van der Waals surface area (Å²) in [4.78, 5) is 11.9. The van der Waals surface area contributed by atoms with Gasteiger partial charge in [0, 0.05) is 14.5 Å². The SMILES string of the molecule is CCC(Br)C(=O)c1cc(Br)c(C)cc1Br. The number of alkyl halides is 1. The van der Waals surface area contributed by atoms with Gasteiger partial charge in [-0.2, -0.15) is 0 Å². The fourth-order valence-electron chi connectivity index (χ4n) is 1.19. The van der Waals surface area contributed by atoms with E-state index in [9.17, 15) is 4.79 Å². The fourth-order valence-corrected chi connectivity index (χ4v) is 2.43. The molecular formula is C11H11Br3O. The molecular weight excluding hydrogens is 388 g/mol. The highest BCUT2D eigenvalue weighted by molar-refractivity contribution is 9.11. The molecule has 15 heavy (non-hydrogen) atoms. The molecule has 0 bridgehead atoms. The molecule has 1 nitrogen and oxygen atoms in total. The summed E-state index contributed by atoms with van der Waals surface area (Å²) in [7, 11) is 0. The van der Waals surface area contributed by atoms with Crippen LogP contribution >= 0.6 is 47.8 Å². The number of hydrogen-bond donors (Lipinski definition) is 0. The number of rotatable bonds is 3. The molecule has 0 aliphatic heterocycles. The first kappa shape index (κ1) is 13.4. The number of hydrogen-bond acceptors (Lipinski definition) is 1. The van der Waals surface area contributed by atoms with Crippen molar-refractivity contribution in [1.29, 1.82) is 0 Å². The van der Waals surface area contributed by atoms with Crippen molar-refractivity contribution in [3.63, 3.8) is 0 Å². The lowest BCUT2D eigenvalue weighted by atomic mass is 10.1. The van der Waals surface area contributed by atoms with E-state index in [1.807, 2.05) is 26.0 Å². The maximum Gasteiger partial charge on any atom is 0.177 e. The summed E-state index contributed by atoms with van der Waals surface area (Å²) in [5, 5.41) is 0. The summed E-state index contributed by atoms with van der Waals surface area (Å²) >= 11 is 10.2. The van der Waals surface area contributed by atoms with Gasteiger partial charge in [0.05, 0.1) is 4.83 Å². The number of ketones is 1. The van der Waals surface area contributed by atoms with Crippen molar-refractivity contribution in [2.45, 2.75) is 25.1 Å². The van der Waals surface area contributed by atoms with Crippen LogP contribution in [0.2, 0.25) is 0 Å². The van der Waals surface area contributed by atoms with E-state index in [1.165, 1.54) is 0 Å².